The minimum atomic E-state index is -1.15. The van der Waals surface area contributed by atoms with Crippen LogP contribution in [0.2, 0.25) is 0 Å². The zero-order valence-corrected chi connectivity index (χ0v) is 9.19. The van der Waals surface area contributed by atoms with Crippen LogP contribution in [-0.2, 0) is 12.8 Å². The summed E-state index contributed by atoms with van der Waals surface area (Å²) in [6, 6.07) is 0. The van der Waals surface area contributed by atoms with Gasteiger partial charge in [-0.15, -0.1) is 11.3 Å². The Morgan fingerprint density at radius 3 is 3.00 bits per heavy atom. The molecule has 1 aliphatic rings. The van der Waals surface area contributed by atoms with Gasteiger partial charge < -0.3 is 9.90 Å². The van der Waals surface area contributed by atoms with E-state index in [0.29, 0.717) is 5.92 Å². The van der Waals surface area contributed by atoms with Gasteiger partial charge in [-0.05, 0) is 25.2 Å². The predicted molar refractivity (Wildman–Crippen MR) is 47.6 cm³/mol. The Morgan fingerprint density at radius 1 is 1.64 bits per heavy atom. The van der Waals surface area contributed by atoms with E-state index in [1.54, 1.807) is 0 Å². The van der Waals surface area contributed by atoms with Crippen LogP contribution in [0.4, 0.5) is 0 Å². The van der Waals surface area contributed by atoms with Crippen molar-refractivity contribution < 1.29 is 28.8 Å². The molecule has 14 heavy (non-hydrogen) atoms. The summed E-state index contributed by atoms with van der Waals surface area (Å²) in [5, 5.41) is 10.7. The molecule has 5 heteroatoms. The molecule has 0 aliphatic heterocycles. The van der Waals surface area contributed by atoms with E-state index in [1.165, 1.54) is 11.3 Å². The molecule has 0 amide bonds. The average molecular weight is 203 g/mol. The number of rotatable bonds is 1. The van der Waals surface area contributed by atoms with E-state index >= 15 is 0 Å². The van der Waals surface area contributed by atoms with Crippen molar-refractivity contribution in [3.05, 3.63) is 15.6 Å². The molecular formula is C9H10LiNO2S. The molecule has 70 valence electrons. The van der Waals surface area contributed by atoms with Crippen molar-refractivity contribution in [1.82, 2.24) is 4.98 Å². The Bertz CT molecular complexity index is 351. The number of nitrogens with zero attached hydrogens (tertiary/aromatic N) is 1. The number of carbonyl (C=O) groups is 1. The van der Waals surface area contributed by atoms with Crippen molar-refractivity contribution in [1.29, 1.82) is 0 Å². The van der Waals surface area contributed by atoms with Gasteiger partial charge >= 0.3 is 18.9 Å². The van der Waals surface area contributed by atoms with Gasteiger partial charge in [0, 0.05) is 4.88 Å². The Labute approximate surface area is 98.7 Å². The molecule has 0 spiro atoms. The number of aromatic nitrogens is 1. The van der Waals surface area contributed by atoms with Crippen LogP contribution in [0.3, 0.4) is 0 Å². The van der Waals surface area contributed by atoms with Crippen LogP contribution in [0.15, 0.2) is 0 Å². The van der Waals surface area contributed by atoms with E-state index in [-0.39, 0.29) is 23.9 Å². The van der Waals surface area contributed by atoms with Crippen molar-refractivity contribution in [2.24, 2.45) is 5.92 Å². The fraction of sp³-hybridized carbons (Fsp3) is 0.556. The first-order chi connectivity index (χ1) is 6.16. The molecule has 0 radical (unpaired) electrons. The summed E-state index contributed by atoms with van der Waals surface area (Å²) in [7, 11) is 0. The molecule has 2 rings (SSSR count). The van der Waals surface area contributed by atoms with E-state index in [0.717, 1.165) is 29.8 Å². The summed E-state index contributed by atoms with van der Waals surface area (Å²) in [4.78, 5) is 15.7. The third-order valence-electron chi connectivity index (χ3n) is 2.36. The van der Waals surface area contributed by atoms with E-state index in [2.05, 4.69) is 11.9 Å². The number of aryl methyl sites for hydroxylation is 1. The van der Waals surface area contributed by atoms with Crippen LogP contribution in [0, 0.1) is 5.92 Å². The number of hydrogen-bond donors (Lipinski definition) is 0. The molecule has 1 heterocycles. The summed E-state index contributed by atoms with van der Waals surface area (Å²) in [6.07, 6.45) is 3.00. The van der Waals surface area contributed by atoms with Gasteiger partial charge in [0.15, 0.2) is 0 Å². The number of fused-ring (bicyclic) bond motifs is 1. The second kappa shape index (κ2) is 4.48. The number of hydrogen-bond acceptors (Lipinski definition) is 4. The van der Waals surface area contributed by atoms with Gasteiger partial charge in [0.1, 0.15) is 11.0 Å². The summed E-state index contributed by atoms with van der Waals surface area (Å²) < 4.78 is 0. The number of thiazole rings is 1. The number of carboxylic acid groups (broad SMARTS) is 1. The van der Waals surface area contributed by atoms with Crippen LogP contribution in [0.1, 0.15) is 33.7 Å². The zero-order valence-electron chi connectivity index (χ0n) is 8.37. The van der Waals surface area contributed by atoms with E-state index < -0.39 is 5.97 Å². The van der Waals surface area contributed by atoms with Gasteiger partial charge in [-0.25, -0.2) is 4.98 Å². The van der Waals surface area contributed by atoms with E-state index in [4.69, 9.17) is 0 Å². The number of carboxylic acids is 1. The van der Waals surface area contributed by atoms with Gasteiger partial charge in [0.25, 0.3) is 0 Å². The SMILES string of the molecule is CC1CCc2nc(C(=O)[O-])sc2C1.[Li+]. The smallest absolute Gasteiger partial charge is 0.542 e. The second-order valence-corrected chi connectivity index (χ2v) is 4.61. The molecular weight excluding hydrogens is 193 g/mol. The Kier molecular flexibility index (Phi) is 3.76. The third-order valence-corrected chi connectivity index (χ3v) is 3.46. The first-order valence-electron chi connectivity index (χ1n) is 4.36. The van der Waals surface area contributed by atoms with E-state index in [1.807, 2.05) is 0 Å². The molecule has 0 aromatic carbocycles. The molecule has 1 aliphatic carbocycles. The van der Waals surface area contributed by atoms with Crippen LogP contribution < -0.4 is 24.0 Å². The van der Waals surface area contributed by atoms with Crippen LogP contribution in [0.25, 0.3) is 0 Å². The Balaban J connectivity index is 0.000000980. The third kappa shape index (κ3) is 2.19. The van der Waals surface area contributed by atoms with Crippen molar-refractivity contribution in [2.45, 2.75) is 26.2 Å². The van der Waals surface area contributed by atoms with Crippen molar-refractivity contribution in [3.63, 3.8) is 0 Å². The summed E-state index contributed by atoms with van der Waals surface area (Å²) in [5.41, 5.74) is 0.974. The Morgan fingerprint density at radius 2 is 2.36 bits per heavy atom. The minimum absolute atomic E-state index is 0. The molecule has 0 fully saturated rings. The fourth-order valence-corrected chi connectivity index (χ4v) is 2.73. The largest absolute Gasteiger partial charge is 1.00 e. The van der Waals surface area contributed by atoms with Gasteiger partial charge in [0.2, 0.25) is 0 Å². The monoisotopic (exact) mass is 203 g/mol. The van der Waals surface area contributed by atoms with Gasteiger partial charge in [-0.2, -0.15) is 0 Å². The van der Waals surface area contributed by atoms with E-state index in [9.17, 15) is 9.90 Å². The first-order valence-corrected chi connectivity index (χ1v) is 5.18. The normalized spacial score (nSPS) is 19.6. The fourth-order valence-electron chi connectivity index (χ4n) is 1.63. The summed E-state index contributed by atoms with van der Waals surface area (Å²) in [6.45, 7) is 2.18. The first kappa shape index (κ1) is 11.8. The molecule has 1 aromatic rings. The van der Waals surface area contributed by atoms with Crippen molar-refractivity contribution in [2.75, 3.05) is 0 Å². The Hall–Kier alpha value is -0.303. The predicted octanol–water partition coefficient (Wildman–Crippen LogP) is -2.36. The number of aromatic carboxylic acids is 1. The van der Waals surface area contributed by atoms with Crippen molar-refractivity contribution >= 4 is 17.3 Å². The maximum absolute atomic E-state index is 10.5. The quantitative estimate of drug-likeness (QED) is 0.480. The molecule has 0 N–H and O–H groups in total. The van der Waals surface area contributed by atoms with Crippen molar-refractivity contribution in [3.8, 4) is 0 Å². The second-order valence-electron chi connectivity index (χ2n) is 3.52. The van der Waals surface area contributed by atoms with Gasteiger partial charge in [0.05, 0.1) is 5.69 Å². The van der Waals surface area contributed by atoms with Crippen LogP contribution >= 0.6 is 11.3 Å². The van der Waals surface area contributed by atoms with Gasteiger partial charge in [-0.3, -0.25) is 0 Å². The zero-order chi connectivity index (χ0) is 9.42. The van der Waals surface area contributed by atoms with Gasteiger partial charge in [-0.1, -0.05) is 6.92 Å². The summed E-state index contributed by atoms with van der Waals surface area (Å²) >= 11 is 1.27. The number of carbonyl (C=O) groups excluding carboxylic acids is 1. The molecule has 0 saturated carbocycles. The van der Waals surface area contributed by atoms with Crippen LogP contribution in [-0.4, -0.2) is 11.0 Å². The maximum atomic E-state index is 10.5. The average Bonchev–Trinajstić information content (AvgIpc) is 2.46. The molecule has 1 unspecified atom stereocenters. The standard InChI is InChI=1S/C9H11NO2S.Li/c1-5-2-3-6-7(4-5)13-8(10-6)9(11)12;/h5H,2-4H2,1H3,(H,11,12);/q;+1/p-1. The maximum Gasteiger partial charge on any atom is 1.00 e. The molecule has 0 bridgehead atoms. The van der Waals surface area contributed by atoms with Crippen LogP contribution in [0.5, 0.6) is 0 Å². The molecule has 1 aromatic heterocycles. The minimum Gasteiger partial charge on any atom is -0.542 e. The molecule has 1 atom stereocenters. The topological polar surface area (TPSA) is 53.0 Å². The molecule has 3 nitrogen and oxygen atoms in total. The molecule has 0 saturated heterocycles. The summed E-state index contributed by atoms with van der Waals surface area (Å²) in [5.74, 6) is -0.491.